The van der Waals surface area contributed by atoms with Crippen LogP contribution in [0.2, 0.25) is 10.3 Å². The summed E-state index contributed by atoms with van der Waals surface area (Å²) in [5.41, 5.74) is 3.92. The van der Waals surface area contributed by atoms with Crippen LogP contribution in [0, 0.1) is 0 Å². The number of likely N-dealkylation sites (tertiary alicyclic amines) is 1. The number of halogens is 2. The van der Waals surface area contributed by atoms with Gasteiger partial charge in [-0.25, -0.2) is 46.7 Å². The Morgan fingerprint density at radius 3 is 1.67 bits per heavy atom. The van der Waals surface area contributed by atoms with Crippen LogP contribution in [0.25, 0.3) is 43.2 Å². The highest BCUT2D eigenvalue weighted by Crippen LogP contribution is 2.32. The summed E-state index contributed by atoms with van der Waals surface area (Å²) in [4.78, 5) is 55.4. The van der Waals surface area contributed by atoms with Crippen LogP contribution in [-0.2, 0) is 34.4 Å². The molecule has 0 atom stereocenters. The summed E-state index contributed by atoms with van der Waals surface area (Å²) in [7, 11) is -1.33. The molecule has 0 aromatic carbocycles. The van der Waals surface area contributed by atoms with Crippen LogP contribution in [0.5, 0.6) is 0 Å². The van der Waals surface area contributed by atoms with Gasteiger partial charge in [0.1, 0.15) is 27.3 Å². The highest BCUT2D eigenvalue weighted by atomic mass is 35.5. The SMILES string of the molecule is CN(C)CC(=O)Nc1nc2ccc(-c3cnc(Cl)c(NS(C)(=O)=O)c3)nc2s1.CN1CCC(OCC(=O)Nc2nc3ccc(-c4cnc(Cl)c(NS(C)(=O)=O)c4)nc3s2)CC1. The Hall–Kier alpha value is -4.72. The maximum Gasteiger partial charge on any atom is 0.252 e. The molecule has 4 N–H and O–H groups in total. The van der Waals surface area contributed by atoms with Crippen LogP contribution >= 0.6 is 45.9 Å². The van der Waals surface area contributed by atoms with Crippen LogP contribution in [0.3, 0.4) is 0 Å². The molecule has 0 bridgehead atoms. The van der Waals surface area contributed by atoms with E-state index in [2.05, 4.69) is 61.9 Å². The number of anilines is 4. The smallest absolute Gasteiger partial charge is 0.252 e. The third-order valence-electron chi connectivity index (χ3n) is 8.44. The Bertz CT molecular complexity index is 2800. The molecule has 7 rings (SSSR count). The van der Waals surface area contributed by atoms with Crippen LogP contribution in [0.4, 0.5) is 21.6 Å². The van der Waals surface area contributed by atoms with Crippen LogP contribution in [0.15, 0.2) is 48.8 Å². The van der Waals surface area contributed by atoms with Crippen molar-refractivity contribution < 1.29 is 31.2 Å². The lowest BCUT2D eigenvalue weighted by Gasteiger charge is -2.28. The summed E-state index contributed by atoms with van der Waals surface area (Å²) in [6.45, 7) is 2.16. The minimum atomic E-state index is -3.51. The highest BCUT2D eigenvalue weighted by Gasteiger charge is 2.19. The molecule has 6 aromatic rings. The van der Waals surface area contributed by atoms with Crippen molar-refractivity contribution in [3.05, 3.63) is 59.1 Å². The van der Waals surface area contributed by atoms with E-state index in [0.29, 0.717) is 53.5 Å². The Labute approximate surface area is 369 Å². The van der Waals surface area contributed by atoms with E-state index in [1.54, 1.807) is 55.4 Å². The molecular weight excluding hydrogens is 912 g/mol. The number of thiazole rings is 2. The zero-order chi connectivity index (χ0) is 44.1. The average Bonchev–Trinajstić information content (AvgIpc) is 3.77. The zero-order valence-corrected chi connectivity index (χ0v) is 38.0. The molecule has 19 nitrogen and oxygen atoms in total. The topological polar surface area (TPSA) is 244 Å². The lowest BCUT2D eigenvalue weighted by atomic mass is 10.1. The number of ether oxygens (including phenoxy) is 1. The van der Waals surface area contributed by atoms with Crippen molar-refractivity contribution in [3.8, 4) is 22.5 Å². The van der Waals surface area contributed by atoms with E-state index in [1.807, 2.05) is 0 Å². The van der Waals surface area contributed by atoms with Gasteiger partial charge in [0.15, 0.2) is 20.6 Å². The zero-order valence-electron chi connectivity index (χ0n) is 33.3. The highest BCUT2D eigenvalue weighted by molar-refractivity contribution is 7.92. The molecule has 0 aliphatic carbocycles. The number of fused-ring (bicyclic) bond motifs is 2. The van der Waals surface area contributed by atoms with Crippen molar-refractivity contribution in [1.29, 1.82) is 0 Å². The third kappa shape index (κ3) is 13.4. The monoisotopic (exact) mass is 950 g/mol. The van der Waals surface area contributed by atoms with Gasteiger partial charge < -0.3 is 19.9 Å². The largest absolute Gasteiger partial charge is 0.368 e. The standard InChI is InChI=1S/C20H23ClN6O4S2.C16H17ClN6O3S2/c1-27-7-5-13(6-8-27)31-11-17(28)25-20-24-15-4-3-14(23-19(15)32-20)12-9-16(18(21)22-10-12)26-33(2,29)30;1-23(2)8-13(24)21-16-20-11-5-4-10(19-15(11)27-16)9-6-12(14(17)18-7-9)22-28(3,25)26/h3-4,9-10,13,26H,5-8,11H2,1-2H3,(H,24,25,28);4-7,22H,8H2,1-3H3,(H,20,21,24). The van der Waals surface area contributed by atoms with E-state index < -0.39 is 20.0 Å². The van der Waals surface area contributed by atoms with Gasteiger partial charge in [-0.2, -0.15) is 0 Å². The number of aromatic nitrogens is 6. The van der Waals surface area contributed by atoms with Crippen molar-refractivity contribution in [3.63, 3.8) is 0 Å². The molecule has 1 aliphatic heterocycles. The number of hydrogen-bond donors (Lipinski definition) is 4. The molecule has 1 saturated heterocycles. The maximum atomic E-state index is 12.3. The maximum absolute atomic E-state index is 12.3. The van der Waals surface area contributed by atoms with Crippen LogP contribution in [0.1, 0.15) is 12.8 Å². The second kappa shape index (κ2) is 19.5. The molecular formula is C36H40Cl2N12O7S4. The van der Waals surface area contributed by atoms with Gasteiger partial charge in [0, 0.05) is 36.6 Å². The van der Waals surface area contributed by atoms with Gasteiger partial charge in [0.05, 0.1) is 47.9 Å². The van der Waals surface area contributed by atoms with Crippen molar-refractivity contribution >= 4 is 120 Å². The van der Waals surface area contributed by atoms with E-state index in [0.717, 1.165) is 38.4 Å². The van der Waals surface area contributed by atoms with Crippen molar-refractivity contribution in [2.24, 2.45) is 0 Å². The summed E-state index contributed by atoms with van der Waals surface area (Å²) in [6.07, 6.45) is 7.01. The fourth-order valence-electron chi connectivity index (χ4n) is 5.73. The second-order valence-electron chi connectivity index (χ2n) is 14.1. The number of nitrogens with zero attached hydrogens (tertiary/aromatic N) is 8. The van der Waals surface area contributed by atoms with Gasteiger partial charge in [-0.05, 0) is 70.4 Å². The summed E-state index contributed by atoms with van der Waals surface area (Å²) in [5, 5.41) is 6.48. The number of amides is 2. The van der Waals surface area contributed by atoms with E-state index in [-0.39, 0.29) is 52.8 Å². The van der Waals surface area contributed by atoms with Gasteiger partial charge in [-0.15, -0.1) is 0 Å². The predicted octanol–water partition coefficient (Wildman–Crippen LogP) is 5.11. The first-order valence-corrected chi connectivity index (χ1v) is 24.3. The Morgan fingerprint density at radius 2 is 1.23 bits per heavy atom. The van der Waals surface area contributed by atoms with E-state index in [1.165, 1.54) is 35.1 Å². The fraction of sp³-hybridized carbons (Fsp3) is 0.333. The number of sulfonamides is 2. The molecule has 6 aromatic heterocycles. The number of carbonyl (C=O) groups is 2. The molecule has 7 heterocycles. The summed E-state index contributed by atoms with van der Waals surface area (Å²) in [6, 6.07) is 10.2. The number of nitrogens with one attached hydrogen (secondary N) is 4. The number of pyridine rings is 4. The molecule has 25 heteroatoms. The first-order valence-electron chi connectivity index (χ1n) is 18.1. The van der Waals surface area contributed by atoms with Crippen molar-refractivity contribution in [1.82, 2.24) is 39.7 Å². The third-order valence-corrected chi connectivity index (χ3v) is 12.0. The van der Waals surface area contributed by atoms with Crippen molar-refractivity contribution in [2.75, 3.05) is 80.0 Å². The van der Waals surface area contributed by atoms with Gasteiger partial charge in [-0.3, -0.25) is 24.4 Å². The molecule has 0 saturated carbocycles. The Morgan fingerprint density at radius 1 is 0.770 bits per heavy atom. The van der Waals surface area contributed by atoms with Crippen LogP contribution < -0.4 is 20.1 Å². The van der Waals surface area contributed by atoms with E-state index in [4.69, 9.17) is 27.9 Å². The lowest BCUT2D eigenvalue weighted by Crippen LogP contribution is -2.35. The molecule has 61 heavy (non-hydrogen) atoms. The first-order chi connectivity index (χ1) is 28.8. The number of rotatable bonds is 13. The molecule has 2 amide bonds. The van der Waals surface area contributed by atoms with Crippen molar-refractivity contribution in [2.45, 2.75) is 18.9 Å². The van der Waals surface area contributed by atoms with E-state index >= 15 is 0 Å². The fourth-order valence-corrected chi connectivity index (χ4v) is 8.96. The lowest BCUT2D eigenvalue weighted by molar-refractivity contribution is -0.123. The number of carbonyl (C=O) groups excluding carboxylic acids is 2. The van der Waals surface area contributed by atoms with Crippen LogP contribution in [-0.4, -0.2) is 134 Å². The van der Waals surface area contributed by atoms with Gasteiger partial charge in [0.2, 0.25) is 26.0 Å². The van der Waals surface area contributed by atoms with E-state index in [9.17, 15) is 26.4 Å². The summed E-state index contributed by atoms with van der Waals surface area (Å²) < 4.78 is 56.4. The minimum Gasteiger partial charge on any atom is -0.368 e. The normalized spacial score (nSPS) is 13.8. The summed E-state index contributed by atoms with van der Waals surface area (Å²) in [5.74, 6) is -0.422. The number of hydrogen-bond acceptors (Lipinski definition) is 17. The molecule has 1 aliphatic rings. The second-order valence-corrected chi connectivity index (χ2v) is 20.3. The minimum absolute atomic E-state index is 0.0183. The Kier molecular flexibility index (Phi) is 14.7. The van der Waals surface area contributed by atoms with Gasteiger partial charge in [-0.1, -0.05) is 45.9 Å². The predicted molar refractivity (Wildman–Crippen MR) is 241 cm³/mol. The molecule has 324 valence electrons. The number of piperidine rings is 1. The average molecular weight is 952 g/mol. The Balaban J connectivity index is 0.000000207. The molecule has 0 unspecified atom stereocenters. The van der Waals surface area contributed by atoms with Gasteiger partial charge >= 0.3 is 0 Å². The quantitative estimate of drug-likeness (QED) is 0.110. The van der Waals surface area contributed by atoms with Gasteiger partial charge in [0.25, 0.3) is 5.91 Å². The summed E-state index contributed by atoms with van der Waals surface area (Å²) >= 11 is 14.4. The molecule has 0 spiro atoms. The molecule has 0 radical (unpaired) electrons. The number of likely N-dealkylation sites (N-methyl/N-ethyl adjacent to an activating group) is 1. The first kappa shape index (κ1) is 45.8. The molecule has 1 fully saturated rings.